The van der Waals surface area contributed by atoms with E-state index in [4.69, 9.17) is 19.3 Å². The second-order valence-electron chi connectivity index (χ2n) is 7.90. The SMILES string of the molecule is COc1ccc(C2N=C(C3CCN(C(=O)CNC(=O)c4ccccc4)CC3)NO2)cc1OC. The number of nitrogens with one attached hydrogen (secondary N) is 2. The van der Waals surface area contributed by atoms with E-state index in [9.17, 15) is 9.59 Å². The van der Waals surface area contributed by atoms with Crippen LogP contribution in [0.3, 0.4) is 0 Å². The Labute approximate surface area is 192 Å². The fraction of sp³-hybridized carbons (Fsp3) is 0.375. The lowest BCUT2D eigenvalue weighted by Gasteiger charge is -2.31. The summed E-state index contributed by atoms with van der Waals surface area (Å²) in [5, 5.41) is 2.70. The first kappa shape index (κ1) is 22.6. The van der Waals surface area contributed by atoms with Gasteiger partial charge in [0.25, 0.3) is 5.91 Å². The Morgan fingerprint density at radius 2 is 1.82 bits per heavy atom. The van der Waals surface area contributed by atoms with Crippen molar-refractivity contribution in [3.05, 3.63) is 59.7 Å². The largest absolute Gasteiger partial charge is 0.493 e. The Bertz CT molecular complexity index is 1020. The van der Waals surface area contributed by atoms with Gasteiger partial charge in [-0.25, -0.2) is 9.83 Å². The topological polar surface area (TPSA) is 101 Å². The van der Waals surface area contributed by atoms with Gasteiger partial charge in [-0.15, -0.1) is 0 Å². The van der Waals surface area contributed by atoms with Gasteiger partial charge in [-0.2, -0.15) is 0 Å². The molecule has 33 heavy (non-hydrogen) atoms. The van der Waals surface area contributed by atoms with Gasteiger partial charge in [-0.3, -0.25) is 15.1 Å². The zero-order chi connectivity index (χ0) is 23.2. The first-order valence-corrected chi connectivity index (χ1v) is 10.9. The normalized spacial score (nSPS) is 18.3. The standard InChI is InChI=1S/C24H28N4O5/c1-31-19-9-8-18(14-20(19)32-2)24-26-22(27-33-24)16-10-12-28(13-11-16)21(29)15-25-23(30)17-6-4-3-5-7-17/h3-9,14,16,24H,10-13,15H2,1-2H3,(H,25,30)(H,26,27). The van der Waals surface area contributed by atoms with Gasteiger partial charge in [0.1, 0.15) is 5.84 Å². The smallest absolute Gasteiger partial charge is 0.251 e. The number of methoxy groups -OCH3 is 2. The minimum Gasteiger partial charge on any atom is -0.493 e. The average Bonchev–Trinajstić information content (AvgIpc) is 3.37. The lowest BCUT2D eigenvalue weighted by Crippen LogP contribution is -2.45. The van der Waals surface area contributed by atoms with Gasteiger partial charge in [0.2, 0.25) is 12.1 Å². The van der Waals surface area contributed by atoms with Crippen LogP contribution in [0.1, 0.15) is 35.0 Å². The van der Waals surface area contributed by atoms with Gasteiger partial charge < -0.3 is 19.7 Å². The maximum atomic E-state index is 12.5. The number of hydroxylamine groups is 1. The van der Waals surface area contributed by atoms with Crippen LogP contribution in [-0.4, -0.2) is 56.4 Å². The predicted octanol–water partition coefficient (Wildman–Crippen LogP) is 2.30. The first-order valence-electron chi connectivity index (χ1n) is 10.9. The zero-order valence-corrected chi connectivity index (χ0v) is 18.7. The maximum Gasteiger partial charge on any atom is 0.251 e. The number of aliphatic imine (C=N–C) groups is 1. The number of likely N-dealkylation sites (tertiary alicyclic amines) is 1. The summed E-state index contributed by atoms with van der Waals surface area (Å²) in [5.74, 6) is 1.90. The number of ether oxygens (including phenoxy) is 2. The summed E-state index contributed by atoms with van der Waals surface area (Å²) in [5.41, 5.74) is 4.36. The molecule has 0 aliphatic carbocycles. The van der Waals surface area contributed by atoms with E-state index in [1.807, 2.05) is 24.3 Å². The predicted molar refractivity (Wildman–Crippen MR) is 122 cm³/mol. The van der Waals surface area contributed by atoms with E-state index in [2.05, 4.69) is 10.8 Å². The summed E-state index contributed by atoms with van der Waals surface area (Å²) >= 11 is 0. The Morgan fingerprint density at radius 3 is 2.52 bits per heavy atom. The third-order valence-electron chi connectivity index (χ3n) is 5.89. The molecule has 1 fully saturated rings. The maximum absolute atomic E-state index is 12.5. The molecule has 174 valence electrons. The van der Waals surface area contributed by atoms with Gasteiger partial charge in [0, 0.05) is 30.1 Å². The molecule has 0 spiro atoms. The van der Waals surface area contributed by atoms with E-state index >= 15 is 0 Å². The van der Waals surface area contributed by atoms with Gasteiger partial charge in [0.15, 0.2) is 11.5 Å². The van der Waals surface area contributed by atoms with Crippen molar-refractivity contribution >= 4 is 17.6 Å². The van der Waals surface area contributed by atoms with Gasteiger partial charge in [-0.05, 0) is 37.1 Å². The Kier molecular flexibility index (Phi) is 7.09. The quantitative estimate of drug-likeness (QED) is 0.669. The van der Waals surface area contributed by atoms with Crippen molar-refractivity contribution in [2.24, 2.45) is 10.9 Å². The molecule has 9 nitrogen and oxygen atoms in total. The number of hydrogen-bond acceptors (Lipinski definition) is 7. The van der Waals surface area contributed by atoms with E-state index in [1.54, 1.807) is 43.4 Å². The highest BCUT2D eigenvalue weighted by Gasteiger charge is 2.30. The number of amidine groups is 1. The minimum atomic E-state index is -0.465. The van der Waals surface area contributed by atoms with Crippen molar-refractivity contribution in [2.75, 3.05) is 33.9 Å². The number of amides is 2. The summed E-state index contributed by atoms with van der Waals surface area (Å²) in [6.45, 7) is 1.20. The Morgan fingerprint density at radius 1 is 1.09 bits per heavy atom. The Balaban J connectivity index is 1.28. The minimum absolute atomic E-state index is 0.0118. The molecular formula is C24H28N4O5. The molecule has 9 heteroatoms. The van der Waals surface area contributed by atoms with Crippen LogP contribution in [0, 0.1) is 5.92 Å². The van der Waals surface area contributed by atoms with Gasteiger partial charge in [-0.1, -0.05) is 24.3 Å². The molecule has 2 heterocycles. The molecular weight excluding hydrogens is 424 g/mol. The monoisotopic (exact) mass is 452 g/mol. The van der Waals surface area contributed by atoms with E-state index in [0.29, 0.717) is 30.2 Å². The van der Waals surface area contributed by atoms with Crippen molar-refractivity contribution in [1.82, 2.24) is 15.7 Å². The molecule has 2 aliphatic rings. The van der Waals surface area contributed by atoms with Gasteiger partial charge >= 0.3 is 0 Å². The highest BCUT2D eigenvalue weighted by Crippen LogP contribution is 2.33. The molecule has 2 N–H and O–H groups in total. The lowest BCUT2D eigenvalue weighted by atomic mass is 9.95. The molecule has 2 aromatic carbocycles. The van der Waals surface area contributed by atoms with E-state index in [1.165, 1.54) is 0 Å². The van der Waals surface area contributed by atoms with Crippen molar-refractivity contribution in [3.63, 3.8) is 0 Å². The van der Waals surface area contributed by atoms with E-state index in [0.717, 1.165) is 24.2 Å². The molecule has 0 saturated carbocycles. The van der Waals surface area contributed by atoms with Crippen LogP contribution in [0.4, 0.5) is 0 Å². The van der Waals surface area contributed by atoms with Crippen molar-refractivity contribution in [1.29, 1.82) is 0 Å². The number of carbonyl (C=O) groups excluding carboxylic acids is 2. The average molecular weight is 453 g/mol. The number of benzene rings is 2. The molecule has 1 atom stereocenters. The fourth-order valence-electron chi connectivity index (χ4n) is 3.99. The second-order valence-corrected chi connectivity index (χ2v) is 7.90. The molecule has 0 radical (unpaired) electrons. The van der Waals surface area contributed by atoms with Crippen LogP contribution < -0.4 is 20.3 Å². The highest BCUT2D eigenvalue weighted by atomic mass is 16.7. The number of carbonyl (C=O) groups is 2. The third-order valence-corrected chi connectivity index (χ3v) is 5.89. The molecule has 2 amide bonds. The van der Waals surface area contributed by atoms with Crippen LogP contribution in [0.2, 0.25) is 0 Å². The number of hydrogen-bond donors (Lipinski definition) is 2. The number of rotatable bonds is 7. The van der Waals surface area contributed by atoms with Crippen LogP contribution in [-0.2, 0) is 9.63 Å². The lowest BCUT2D eigenvalue weighted by molar-refractivity contribution is -0.131. The third kappa shape index (κ3) is 5.25. The highest BCUT2D eigenvalue weighted by molar-refractivity contribution is 5.96. The summed E-state index contributed by atoms with van der Waals surface area (Å²) in [7, 11) is 3.18. The Hall–Kier alpha value is -3.59. The summed E-state index contributed by atoms with van der Waals surface area (Å²) in [6.07, 6.45) is 1.07. The van der Waals surface area contributed by atoms with Crippen LogP contribution in [0.25, 0.3) is 0 Å². The van der Waals surface area contributed by atoms with Crippen molar-refractivity contribution in [2.45, 2.75) is 19.1 Å². The molecule has 1 unspecified atom stereocenters. The molecule has 2 aliphatic heterocycles. The molecule has 0 aromatic heterocycles. The fourth-order valence-corrected chi connectivity index (χ4v) is 3.99. The zero-order valence-electron chi connectivity index (χ0n) is 18.7. The number of piperidine rings is 1. The van der Waals surface area contributed by atoms with Crippen LogP contribution in [0.15, 0.2) is 53.5 Å². The molecule has 4 rings (SSSR count). The van der Waals surface area contributed by atoms with E-state index in [-0.39, 0.29) is 24.3 Å². The summed E-state index contributed by atoms with van der Waals surface area (Å²) < 4.78 is 10.6. The van der Waals surface area contributed by atoms with E-state index < -0.39 is 6.23 Å². The van der Waals surface area contributed by atoms with Crippen molar-refractivity contribution < 1.29 is 23.9 Å². The van der Waals surface area contributed by atoms with Crippen molar-refractivity contribution in [3.8, 4) is 11.5 Å². The number of nitrogens with zero attached hydrogens (tertiary/aromatic N) is 2. The van der Waals surface area contributed by atoms with Crippen LogP contribution in [0.5, 0.6) is 11.5 Å². The molecule has 0 bridgehead atoms. The van der Waals surface area contributed by atoms with Gasteiger partial charge in [0.05, 0.1) is 20.8 Å². The molecule has 1 saturated heterocycles. The second kappa shape index (κ2) is 10.4. The summed E-state index contributed by atoms with van der Waals surface area (Å²) in [4.78, 5) is 36.8. The first-order chi connectivity index (χ1) is 16.1. The summed E-state index contributed by atoms with van der Waals surface area (Å²) in [6, 6.07) is 14.4. The molecule has 2 aromatic rings. The van der Waals surface area contributed by atoms with Crippen LogP contribution >= 0.6 is 0 Å².